The maximum absolute atomic E-state index is 13.4. The molecule has 0 saturated carbocycles. The van der Waals surface area contributed by atoms with E-state index in [9.17, 15) is 9.59 Å². The predicted octanol–water partition coefficient (Wildman–Crippen LogP) is 5.70. The van der Waals surface area contributed by atoms with Gasteiger partial charge in [0.1, 0.15) is 0 Å². The van der Waals surface area contributed by atoms with Crippen molar-refractivity contribution in [2.24, 2.45) is 0 Å². The lowest BCUT2D eigenvalue weighted by molar-refractivity contribution is 0.0303. The molecule has 3 aromatic carbocycles. The summed E-state index contributed by atoms with van der Waals surface area (Å²) >= 11 is 3.46. The number of hydrogen-bond donors (Lipinski definition) is 1. The second-order valence-corrected chi connectivity index (χ2v) is 9.43. The molecule has 0 radical (unpaired) electrons. The predicted molar refractivity (Wildman–Crippen MR) is 141 cm³/mol. The summed E-state index contributed by atoms with van der Waals surface area (Å²) < 4.78 is 6.30. The zero-order valence-corrected chi connectivity index (χ0v) is 20.8. The Bertz CT molecular complexity index is 1400. The molecule has 1 saturated heterocycles. The van der Waals surface area contributed by atoms with Crippen LogP contribution in [0.25, 0.3) is 22.2 Å². The minimum atomic E-state index is -0.228. The van der Waals surface area contributed by atoms with E-state index in [2.05, 4.69) is 21.2 Å². The van der Waals surface area contributed by atoms with Gasteiger partial charge in [0.2, 0.25) is 0 Å². The van der Waals surface area contributed by atoms with Crippen LogP contribution in [0.2, 0.25) is 0 Å². The lowest BCUT2D eigenvalue weighted by atomic mass is 10.0. The van der Waals surface area contributed by atoms with Crippen LogP contribution < -0.4 is 5.32 Å². The Morgan fingerprint density at radius 2 is 1.66 bits per heavy atom. The first-order chi connectivity index (χ1) is 17.0. The van der Waals surface area contributed by atoms with Crippen LogP contribution in [0.1, 0.15) is 26.3 Å². The number of anilines is 1. The smallest absolute Gasteiger partial charge is 0.256 e. The molecule has 1 aliphatic rings. The molecule has 0 atom stereocenters. The number of pyridine rings is 1. The summed E-state index contributed by atoms with van der Waals surface area (Å²) in [6.07, 6.45) is 0. The third kappa shape index (κ3) is 5.11. The first-order valence-electron chi connectivity index (χ1n) is 11.4. The third-order valence-corrected chi connectivity index (χ3v) is 6.57. The minimum Gasteiger partial charge on any atom is -0.378 e. The van der Waals surface area contributed by atoms with E-state index in [0.29, 0.717) is 43.1 Å². The standard InChI is InChI=1S/C28H24BrN3O3/c1-18-2-11-25-23(16-18)24(17-26(31-25)19-3-7-21(29)8-4-19)27(33)30-22-9-5-20(6-10-22)28(34)32-12-14-35-15-13-32/h2-11,16-17H,12-15H2,1H3,(H,30,33). The van der Waals surface area contributed by atoms with Gasteiger partial charge in [0, 0.05) is 39.8 Å². The van der Waals surface area contributed by atoms with Gasteiger partial charge in [-0.3, -0.25) is 9.59 Å². The number of ether oxygens (including phenoxy) is 1. The Balaban J connectivity index is 1.43. The number of carbonyl (C=O) groups is 2. The van der Waals surface area contributed by atoms with E-state index in [1.165, 1.54) is 0 Å². The molecule has 1 aromatic heterocycles. The highest BCUT2D eigenvalue weighted by Crippen LogP contribution is 2.27. The Morgan fingerprint density at radius 1 is 0.943 bits per heavy atom. The molecule has 1 aliphatic heterocycles. The van der Waals surface area contributed by atoms with E-state index in [0.717, 1.165) is 32.2 Å². The van der Waals surface area contributed by atoms with Crippen molar-refractivity contribution in [2.75, 3.05) is 31.6 Å². The van der Waals surface area contributed by atoms with Crippen molar-refractivity contribution < 1.29 is 14.3 Å². The largest absolute Gasteiger partial charge is 0.378 e. The van der Waals surface area contributed by atoms with Crippen LogP contribution >= 0.6 is 15.9 Å². The molecule has 5 rings (SSSR count). The first kappa shape index (κ1) is 23.2. The van der Waals surface area contributed by atoms with Crippen molar-refractivity contribution in [3.05, 3.63) is 94.0 Å². The van der Waals surface area contributed by atoms with Gasteiger partial charge in [-0.2, -0.15) is 0 Å². The van der Waals surface area contributed by atoms with Crippen LogP contribution in [0.15, 0.2) is 77.3 Å². The SMILES string of the molecule is Cc1ccc2nc(-c3ccc(Br)cc3)cc(C(=O)Nc3ccc(C(=O)N4CCOCC4)cc3)c2c1. The highest BCUT2D eigenvalue weighted by atomic mass is 79.9. The second-order valence-electron chi connectivity index (χ2n) is 8.52. The second kappa shape index (κ2) is 9.98. The maximum Gasteiger partial charge on any atom is 0.256 e. The molecular weight excluding hydrogens is 506 g/mol. The van der Waals surface area contributed by atoms with E-state index in [4.69, 9.17) is 9.72 Å². The van der Waals surface area contributed by atoms with Crippen LogP contribution in [-0.2, 0) is 4.74 Å². The summed E-state index contributed by atoms with van der Waals surface area (Å²) in [6.45, 7) is 4.29. The number of hydrogen-bond acceptors (Lipinski definition) is 4. The number of amides is 2. The first-order valence-corrected chi connectivity index (χ1v) is 12.2. The Morgan fingerprint density at radius 3 is 2.37 bits per heavy atom. The molecule has 35 heavy (non-hydrogen) atoms. The summed E-state index contributed by atoms with van der Waals surface area (Å²) in [7, 11) is 0. The van der Waals surface area contributed by atoms with Gasteiger partial charge in [-0.1, -0.05) is 39.7 Å². The average molecular weight is 530 g/mol. The number of halogens is 1. The van der Waals surface area contributed by atoms with Crippen LogP contribution in [0.5, 0.6) is 0 Å². The van der Waals surface area contributed by atoms with Gasteiger partial charge < -0.3 is 15.0 Å². The van der Waals surface area contributed by atoms with Crippen molar-refractivity contribution in [2.45, 2.75) is 6.92 Å². The number of nitrogens with one attached hydrogen (secondary N) is 1. The number of aromatic nitrogens is 1. The number of fused-ring (bicyclic) bond motifs is 1. The zero-order valence-electron chi connectivity index (χ0n) is 19.3. The van der Waals surface area contributed by atoms with Gasteiger partial charge >= 0.3 is 0 Å². The molecule has 176 valence electrons. The highest BCUT2D eigenvalue weighted by Gasteiger charge is 2.19. The number of morpholine rings is 1. The molecule has 1 N–H and O–H groups in total. The average Bonchev–Trinajstić information content (AvgIpc) is 2.89. The summed E-state index contributed by atoms with van der Waals surface area (Å²) in [5, 5.41) is 3.78. The Hall–Kier alpha value is -3.55. The van der Waals surface area contributed by atoms with Gasteiger partial charge in [0.15, 0.2) is 0 Å². The molecule has 0 spiro atoms. The summed E-state index contributed by atoms with van der Waals surface area (Å²) in [5.41, 5.74) is 5.22. The molecule has 2 amide bonds. The number of benzene rings is 3. The van der Waals surface area contributed by atoms with Gasteiger partial charge in [-0.25, -0.2) is 4.98 Å². The van der Waals surface area contributed by atoms with Crippen molar-refractivity contribution >= 4 is 44.3 Å². The molecular formula is C28H24BrN3O3. The van der Waals surface area contributed by atoms with Crippen molar-refractivity contribution in [1.29, 1.82) is 0 Å². The minimum absolute atomic E-state index is 0.0269. The molecule has 6 nitrogen and oxygen atoms in total. The van der Waals surface area contributed by atoms with E-state index in [-0.39, 0.29) is 11.8 Å². The van der Waals surface area contributed by atoms with E-state index in [1.807, 2.05) is 55.5 Å². The molecule has 7 heteroatoms. The lowest BCUT2D eigenvalue weighted by Crippen LogP contribution is -2.40. The zero-order chi connectivity index (χ0) is 24.4. The summed E-state index contributed by atoms with van der Waals surface area (Å²) in [4.78, 5) is 32.7. The molecule has 2 heterocycles. The van der Waals surface area contributed by atoms with Crippen LogP contribution in [0, 0.1) is 6.92 Å². The number of aryl methyl sites for hydroxylation is 1. The van der Waals surface area contributed by atoms with Crippen LogP contribution in [-0.4, -0.2) is 48.0 Å². The lowest BCUT2D eigenvalue weighted by Gasteiger charge is -2.26. The van der Waals surface area contributed by atoms with Crippen molar-refractivity contribution in [1.82, 2.24) is 9.88 Å². The number of rotatable bonds is 4. The Kier molecular flexibility index (Phi) is 6.61. The maximum atomic E-state index is 13.4. The molecule has 0 bridgehead atoms. The fourth-order valence-electron chi connectivity index (χ4n) is 4.14. The third-order valence-electron chi connectivity index (χ3n) is 6.04. The van der Waals surface area contributed by atoms with Crippen LogP contribution in [0.3, 0.4) is 0 Å². The van der Waals surface area contributed by atoms with Gasteiger partial charge in [-0.05, 0) is 61.5 Å². The quantitative estimate of drug-likeness (QED) is 0.368. The highest BCUT2D eigenvalue weighted by molar-refractivity contribution is 9.10. The van der Waals surface area contributed by atoms with Gasteiger partial charge in [-0.15, -0.1) is 0 Å². The molecule has 1 fully saturated rings. The van der Waals surface area contributed by atoms with E-state index < -0.39 is 0 Å². The van der Waals surface area contributed by atoms with Gasteiger partial charge in [0.05, 0.1) is 30.0 Å². The van der Waals surface area contributed by atoms with E-state index in [1.54, 1.807) is 29.2 Å². The van der Waals surface area contributed by atoms with Crippen LogP contribution in [0.4, 0.5) is 5.69 Å². The fourth-order valence-corrected chi connectivity index (χ4v) is 4.40. The van der Waals surface area contributed by atoms with Gasteiger partial charge in [0.25, 0.3) is 11.8 Å². The van der Waals surface area contributed by atoms with Crippen molar-refractivity contribution in [3.8, 4) is 11.3 Å². The molecule has 0 unspecified atom stereocenters. The topological polar surface area (TPSA) is 71.5 Å². The summed E-state index contributed by atoms with van der Waals surface area (Å²) in [5.74, 6) is -0.255. The normalized spacial score (nSPS) is 13.6. The molecule has 4 aromatic rings. The fraction of sp³-hybridized carbons (Fsp3) is 0.179. The molecule has 0 aliphatic carbocycles. The number of carbonyl (C=O) groups excluding carboxylic acids is 2. The number of nitrogens with zero attached hydrogens (tertiary/aromatic N) is 2. The Labute approximate surface area is 212 Å². The van der Waals surface area contributed by atoms with Crippen molar-refractivity contribution in [3.63, 3.8) is 0 Å². The summed E-state index contributed by atoms with van der Waals surface area (Å²) in [6, 6.07) is 22.6. The van der Waals surface area contributed by atoms with E-state index >= 15 is 0 Å². The monoisotopic (exact) mass is 529 g/mol.